The number of hydrogen-bond acceptors (Lipinski definition) is 5. The van der Waals surface area contributed by atoms with Crippen LogP contribution in [0.15, 0.2) is 48.5 Å². The molecule has 1 N–H and O–H groups in total. The van der Waals surface area contributed by atoms with Gasteiger partial charge < -0.3 is 5.32 Å². The fourth-order valence-electron chi connectivity index (χ4n) is 1.82. The molecule has 0 aromatic heterocycles. The Hall–Kier alpha value is -3.29. The number of anilines is 1. The Balaban J connectivity index is 2.02. The molecule has 2 aromatic carbocycles. The summed E-state index contributed by atoms with van der Waals surface area (Å²) in [5, 5.41) is 23.7. The number of rotatable bonds is 5. The molecule has 8 nitrogen and oxygen atoms in total. The van der Waals surface area contributed by atoms with E-state index in [1.54, 1.807) is 6.07 Å². The van der Waals surface area contributed by atoms with E-state index < -0.39 is 9.85 Å². The highest BCUT2D eigenvalue weighted by Crippen LogP contribution is 2.18. The fourth-order valence-corrected chi connectivity index (χ4v) is 1.82. The summed E-state index contributed by atoms with van der Waals surface area (Å²) in [6.07, 6.45) is 0.0146. The summed E-state index contributed by atoms with van der Waals surface area (Å²) in [4.78, 5) is 32.0. The van der Waals surface area contributed by atoms with Crippen LogP contribution in [0.4, 0.5) is 17.1 Å². The average Bonchev–Trinajstić information content (AvgIpc) is 2.47. The van der Waals surface area contributed by atoms with Gasteiger partial charge in [0.05, 0.1) is 16.3 Å². The summed E-state index contributed by atoms with van der Waals surface area (Å²) in [5.41, 5.74) is 0.755. The van der Waals surface area contributed by atoms with Gasteiger partial charge in [-0.15, -0.1) is 0 Å². The van der Waals surface area contributed by atoms with Gasteiger partial charge in [-0.3, -0.25) is 25.0 Å². The number of benzene rings is 2. The third-order valence-electron chi connectivity index (χ3n) is 2.85. The third-order valence-corrected chi connectivity index (χ3v) is 2.85. The molecule has 0 aliphatic carbocycles. The number of nitro groups is 2. The summed E-state index contributed by atoms with van der Waals surface area (Å²) < 4.78 is 0. The molecule has 0 saturated heterocycles. The third kappa shape index (κ3) is 3.85. The molecule has 2 rings (SSSR count). The second kappa shape index (κ2) is 6.44. The molecule has 8 heteroatoms. The number of carbonyl (C=O) groups excluding carboxylic acids is 1. The Morgan fingerprint density at radius 1 is 0.955 bits per heavy atom. The number of carbonyl (C=O) groups is 1. The van der Waals surface area contributed by atoms with Crippen LogP contribution in [0, 0.1) is 20.2 Å². The molecule has 0 unspecified atom stereocenters. The first-order valence-corrected chi connectivity index (χ1v) is 6.23. The highest BCUT2D eigenvalue weighted by atomic mass is 16.6. The van der Waals surface area contributed by atoms with Crippen LogP contribution in [0.5, 0.6) is 0 Å². The topological polar surface area (TPSA) is 115 Å². The predicted molar refractivity (Wildman–Crippen MR) is 78.5 cm³/mol. The molecule has 0 aliphatic heterocycles. The summed E-state index contributed by atoms with van der Waals surface area (Å²) in [7, 11) is 0. The first-order chi connectivity index (χ1) is 10.5. The van der Waals surface area contributed by atoms with E-state index in [0.717, 1.165) is 0 Å². The molecule has 0 radical (unpaired) electrons. The first kappa shape index (κ1) is 15.1. The van der Waals surface area contributed by atoms with Crippen LogP contribution in [-0.4, -0.2) is 15.8 Å². The van der Waals surface area contributed by atoms with Gasteiger partial charge in [0.15, 0.2) is 0 Å². The number of non-ortho nitro benzene ring substituents is 2. The maximum absolute atomic E-state index is 11.9. The number of hydrogen-bond donors (Lipinski definition) is 1. The minimum atomic E-state index is -0.550. The Labute approximate surface area is 124 Å². The lowest BCUT2D eigenvalue weighted by Crippen LogP contribution is -2.14. The quantitative estimate of drug-likeness (QED) is 0.673. The molecule has 112 valence electrons. The normalized spacial score (nSPS) is 10.0. The zero-order chi connectivity index (χ0) is 16.1. The molecule has 0 spiro atoms. The summed E-state index contributed by atoms with van der Waals surface area (Å²) in [6, 6.07) is 11.2. The minimum absolute atomic E-state index is 0.0146. The van der Waals surface area contributed by atoms with Crippen LogP contribution in [0.1, 0.15) is 5.56 Å². The summed E-state index contributed by atoms with van der Waals surface area (Å²) in [5.74, 6) is -0.366. The SMILES string of the molecule is O=C(Cc1ccc([N+](=O)[O-])cc1)Nc1cccc([N+](=O)[O-])c1. The number of nitro benzene ring substituents is 2. The van der Waals surface area contributed by atoms with Crippen molar-refractivity contribution >= 4 is 23.0 Å². The molecule has 0 heterocycles. The summed E-state index contributed by atoms with van der Waals surface area (Å²) in [6.45, 7) is 0. The first-order valence-electron chi connectivity index (χ1n) is 6.23. The van der Waals surface area contributed by atoms with Crippen molar-refractivity contribution in [2.45, 2.75) is 6.42 Å². The zero-order valence-electron chi connectivity index (χ0n) is 11.3. The Kier molecular flexibility index (Phi) is 4.42. The average molecular weight is 301 g/mol. The monoisotopic (exact) mass is 301 g/mol. The van der Waals surface area contributed by atoms with Gasteiger partial charge in [0.25, 0.3) is 11.4 Å². The van der Waals surface area contributed by atoms with Gasteiger partial charge in [-0.05, 0) is 11.6 Å². The van der Waals surface area contributed by atoms with Crippen LogP contribution in [0.25, 0.3) is 0 Å². The van der Waals surface area contributed by atoms with Gasteiger partial charge in [-0.2, -0.15) is 0 Å². The van der Waals surface area contributed by atoms with Crippen molar-refractivity contribution in [3.05, 3.63) is 74.3 Å². The second-order valence-corrected chi connectivity index (χ2v) is 4.46. The van der Waals surface area contributed by atoms with Crippen LogP contribution >= 0.6 is 0 Å². The van der Waals surface area contributed by atoms with Crippen molar-refractivity contribution in [1.29, 1.82) is 0 Å². The highest BCUT2D eigenvalue weighted by molar-refractivity contribution is 5.92. The van der Waals surface area contributed by atoms with Gasteiger partial charge >= 0.3 is 0 Å². The van der Waals surface area contributed by atoms with E-state index in [9.17, 15) is 25.0 Å². The number of nitrogens with zero attached hydrogens (tertiary/aromatic N) is 2. The van der Waals surface area contributed by atoms with E-state index >= 15 is 0 Å². The van der Waals surface area contributed by atoms with Crippen LogP contribution in [0.2, 0.25) is 0 Å². The van der Waals surface area contributed by atoms with Crippen molar-refractivity contribution in [2.75, 3.05) is 5.32 Å². The number of nitrogens with one attached hydrogen (secondary N) is 1. The lowest BCUT2D eigenvalue weighted by molar-refractivity contribution is -0.385. The summed E-state index contributed by atoms with van der Waals surface area (Å²) >= 11 is 0. The van der Waals surface area contributed by atoms with Crippen molar-refractivity contribution in [3.63, 3.8) is 0 Å². The van der Waals surface area contributed by atoms with E-state index in [4.69, 9.17) is 0 Å². The van der Waals surface area contributed by atoms with Crippen molar-refractivity contribution in [3.8, 4) is 0 Å². The highest BCUT2D eigenvalue weighted by Gasteiger charge is 2.10. The lowest BCUT2D eigenvalue weighted by atomic mass is 10.1. The maximum atomic E-state index is 11.9. The fraction of sp³-hybridized carbons (Fsp3) is 0.0714. The molecule has 0 fully saturated rings. The largest absolute Gasteiger partial charge is 0.326 e. The second-order valence-electron chi connectivity index (χ2n) is 4.46. The van der Waals surface area contributed by atoms with Gasteiger partial charge in [0, 0.05) is 30.0 Å². The van der Waals surface area contributed by atoms with E-state index in [1.807, 2.05) is 0 Å². The van der Waals surface area contributed by atoms with E-state index in [0.29, 0.717) is 11.3 Å². The molecule has 1 amide bonds. The van der Waals surface area contributed by atoms with Crippen LogP contribution in [0.3, 0.4) is 0 Å². The van der Waals surface area contributed by atoms with E-state index in [2.05, 4.69) is 5.32 Å². The van der Waals surface area contributed by atoms with E-state index in [-0.39, 0.29) is 23.7 Å². The molecule has 0 bridgehead atoms. The predicted octanol–water partition coefficient (Wildman–Crippen LogP) is 2.68. The van der Waals surface area contributed by atoms with E-state index in [1.165, 1.54) is 42.5 Å². The van der Waals surface area contributed by atoms with Crippen LogP contribution in [-0.2, 0) is 11.2 Å². The Morgan fingerprint density at radius 3 is 2.18 bits per heavy atom. The van der Waals surface area contributed by atoms with Gasteiger partial charge in [0.2, 0.25) is 5.91 Å². The smallest absolute Gasteiger partial charge is 0.271 e. The van der Waals surface area contributed by atoms with Crippen molar-refractivity contribution < 1.29 is 14.6 Å². The molecule has 0 aliphatic rings. The van der Waals surface area contributed by atoms with Crippen LogP contribution < -0.4 is 5.32 Å². The molecular formula is C14H11N3O5. The minimum Gasteiger partial charge on any atom is -0.326 e. The molecule has 22 heavy (non-hydrogen) atoms. The lowest BCUT2D eigenvalue weighted by Gasteiger charge is -2.05. The molecular weight excluding hydrogens is 290 g/mol. The standard InChI is InChI=1S/C14H11N3O5/c18-14(8-10-4-6-12(7-5-10)16(19)20)15-11-2-1-3-13(9-11)17(21)22/h1-7,9H,8H2,(H,15,18). The molecule has 2 aromatic rings. The maximum Gasteiger partial charge on any atom is 0.271 e. The zero-order valence-corrected chi connectivity index (χ0v) is 11.3. The molecule has 0 atom stereocenters. The van der Waals surface area contributed by atoms with Gasteiger partial charge in [-0.1, -0.05) is 18.2 Å². The van der Waals surface area contributed by atoms with Crippen molar-refractivity contribution in [1.82, 2.24) is 0 Å². The molecule has 0 saturated carbocycles. The van der Waals surface area contributed by atoms with Gasteiger partial charge in [-0.25, -0.2) is 0 Å². The number of amides is 1. The van der Waals surface area contributed by atoms with Crippen molar-refractivity contribution in [2.24, 2.45) is 0 Å². The Bertz CT molecular complexity index is 728. The van der Waals surface area contributed by atoms with Gasteiger partial charge in [0.1, 0.15) is 0 Å². The Morgan fingerprint density at radius 2 is 1.59 bits per heavy atom.